The number of anilines is 1. The van der Waals surface area contributed by atoms with Gasteiger partial charge in [-0.15, -0.1) is 0 Å². The Hall–Kier alpha value is -2.03. The zero-order valence-corrected chi connectivity index (χ0v) is 11.4. The Morgan fingerprint density at radius 1 is 1.15 bits per heavy atom. The maximum Gasteiger partial charge on any atom is 0.0876 e. The molecule has 0 aliphatic heterocycles. The maximum absolute atomic E-state index is 4.33. The molecular formula is C17H19N3. The number of hydrogen-bond donors (Lipinski definition) is 1. The lowest BCUT2D eigenvalue weighted by Crippen LogP contribution is -2.19. The molecule has 1 saturated carbocycles. The molecule has 3 atom stereocenters. The maximum atomic E-state index is 4.33. The minimum absolute atomic E-state index is 0.788. The Morgan fingerprint density at radius 3 is 2.85 bits per heavy atom. The summed E-state index contributed by atoms with van der Waals surface area (Å²) >= 11 is 0. The van der Waals surface area contributed by atoms with Gasteiger partial charge in [-0.1, -0.05) is 24.3 Å². The van der Waals surface area contributed by atoms with Crippen molar-refractivity contribution >= 4 is 5.69 Å². The third-order valence-electron chi connectivity index (χ3n) is 4.63. The molecule has 3 heteroatoms. The minimum atomic E-state index is 0.788. The number of rotatable bonds is 4. The Morgan fingerprint density at radius 2 is 2.10 bits per heavy atom. The van der Waals surface area contributed by atoms with Crippen LogP contribution in [0.25, 0.3) is 5.69 Å². The Kier molecular flexibility index (Phi) is 2.84. The van der Waals surface area contributed by atoms with Gasteiger partial charge in [0.15, 0.2) is 0 Å². The van der Waals surface area contributed by atoms with E-state index in [1.54, 1.807) is 0 Å². The first-order valence-electron chi connectivity index (χ1n) is 7.41. The molecule has 1 heterocycles. The van der Waals surface area contributed by atoms with Crippen LogP contribution in [0.15, 0.2) is 54.9 Å². The molecule has 0 radical (unpaired) electrons. The lowest BCUT2D eigenvalue weighted by Gasteiger charge is -2.20. The fourth-order valence-corrected chi connectivity index (χ4v) is 3.60. The number of benzene rings is 1. The second-order valence-electron chi connectivity index (χ2n) is 5.89. The standard InChI is InChI=1S/C17H19N3/c1-2-5-17(20-9-3-8-19-20)16(4-1)18-12-15-11-13-6-7-14(15)10-13/h1-9,13-15,18H,10-12H2. The summed E-state index contributed by atoms with van der Waals surface area (Å²) in [7, 11) is 0. The van der Waals surface area contributed by atoms with Crippen LogP contribution in [0.4, 0.5) is 5.69 Å². The van der Waals surface area contributed by atoms with Crippen molar-refractivity contribution < 1.29 is 0 Å². The summed E-state index contributed by atoms with van der Waals surface area (Å²) in [6, 6.07) is 10.3. The second kappa shape index (κ2) is 4.82. The first-order chi connectivity index (χ1) is 9.90. The highest BCUT2D eigenvalue weighted by Gasteiger charge is 2.35. The van der Waals surface area contributed by atoms with Gasteiger partial charge < -0.3 is 5.32 Å². The van der Waals surface area contributed by atoms with Crippen molar-refractivity contribution in [3.63, 3.8) is 0 Å². The van der Waals surface area contributed by atoms with E-state index in [-0.39, 0.29) is 0 Å². The van der Waals surface area contributed by atoms with Gasteiger partial charge in [0.2, 0.25) is 0 Å². The van der Waals surface area contributed by atoms with Crippen molar-refractivity contribution in [3.8, 4) is 5.69 Å². The Bertz CT molecular complexity index is 615. The van der Waals surface area contributed by atoms with Crippen LogP contribution in [0, 0.1) is 17.8 Å². The van der Waals surface area contributed by atoms with E-state index in [1.165, 1.54) is 18.5 Å². The summed E-state index contributed by atoms with van der Waals surface area (Å²) in [6.07, 6.45) is 11.3. The van der Waals surface area contributed by atoms with Crippen LogP contribution in [0.3, 0.4) is 0 Å². The van der Waals surface area contributed by atoms with Gasteiger partial charge in [-0.25, -0.2) is 4.68 Å². The number of nitrogens with zero attached hydrogens (tertiary/aromatic N) is 2. The fraction of sp³-hybridized carbons (Fsp3) is 0.353. The van der Waals surface area contributed by atoms with E-state index in [2.05, 4.69) is 46.8 Å². The van der Waals surface area contributed by atoms with Crippen molar-refractivity contribution in [2.45, 2.75) is 12.8 Å². The number of hydrogen-bond acceptors (Lipinski definition) is 2. The van der Waals surface area contributed by atoms with Gasteiger partial charge in [-0.05, 0) is 48.8 Å². The SMILES string of the molecule is C1=CC2CC1CC2CNc1ccccc1-n1cccn1. The number of allylic oxidation sites excluding steroid dienone is 2. The van der Waals surface area contributed by atoms with Crippen LogP contribution in [0.1, 0.15) is 12.8 Å². The molecule has 2 aliphatic carbocycles. The van der Waals surface area contributed by atoms with Crippen LogP contribution in [-0.2, 0) is 0 Å². The van der Waals surface area contributed by atoms with Gasteiger partial charge in [-0.3, -0.25) is 0 Å². The van der Waals surface area contributed by atoms with Crippen molar-refractivity contribution in [3.05, 3.63) is 54.9 Å². The third kappa shape index (κ3) is 2.03. The van der Waals surface area contributed by atoms with E-state index in [9.17, 15) is 0 Å². The van der Waals surface area contributed by atoms with Crippen LogP contribution >= 0.6 is 0 Å². The summed E-state index contributed by atoms with van der Waals surface area (Å²) < 4.78 is 1.92. The van der Waals surface area contributed by atoms with Crippen LogP contribution < -0.4 is 5.32 Å². The monoisotopic (exact) mass is 265 g/mol. The molecule has 1 fully saturated rings. The van der Waals surface area contributed by atoms with E-state index in [0.29, 0.717) is 0 Å². The Balaban J connectivity index is 1.50. The van der Waals surface area contributed by atoms with Crippen molar-refractivity contribution in [1.82, 2.24) is 9.78 Å². The lowest BCUT2D eigenvalue weighted by molar-refractivity contribution is 0.472. The van der Waals surface area contributed by atoms with Crippen LogP contribution in [-0.4, -0.2) is 16.3 Å². The zero-order chi connectivity index (χ0) is 13.4. The highest BCUT2D eigenvalue weighted by atomic mass is 15.3. The lowest BCUT2D eigenvalue weighted by atomic mass is 9.93. The van der Waals surface area contributed by atoms with Gasteiger partial charge in [-0.2, -0.15) is 5.10 Å². The molecule has 2 bridgehead atoms. The molecule has 4 rings (SSSR count). The molecule has 0 spiro atoms. The van der Waals surface area contributed by atoms with Gasteiger partial charge in [0.1, 0.15) is 0 Å². The first-order valence-corrected chi connectivity index (χ1v) is 7.41. The van der Waals surface area contributed by atoms with E-state index in [0.717, 1.165) is 30.0 Å². The normalized spacial score (nSPS) is 27.1. The summed E-state index contributed by atoms with van der Waals surface area (Å²) in [6.45, 7) is 1.06. The van der Waals surface area contributed by atoms with Gasteiger partial charge >= 0.3 is 0 Å². The number of para-hydroxylation sites is 2. The number of aromatic nitrogens is 2. The molecular weight excluding hydrogens is 246 g/mol. The Labute approximate surface area is 119 Å². The number of nitrogens with one attached hydrogen (secondary N) is 1. The van der Waals surface area contributed by atoms with Crippen LogP contribution in [0.5, 0.6) is 0 Å². The third-order valence-corrected chi connectivity index (χ3v) is 4.63. The average Bonchev–Trinajstić information content (AvgIpc) is 3.22. The van der Waals surface area contributed by atoms with Crippen molar-refractivity contribution in [1.29, 1.82) is 0 Å². The molecule has 1 N–H and O–H groups in total. The fourth-order valence-electron chi connectivity index (χ4n) is 3.60. The van der Waals surface area contributed by atoms with Gasteiger partial charge in [0.25, 0.3) is 0 Å². The smallest absolute Gasteiger partial charge is 0.0876 e. The quantitative estimate of drug-likeness (QED) is 0.857. The first kappa shape index (κ1) is 11.8. The molecule has 3 nitrogen and oxygen atoms in total. The summed E-state index contributed by atoms with van der Waals surface area (Å²) in [5.74, 6) is 2.42. The molecule has 102 valence electrons. The highest BCUT2D eigenvalue weighted by Crippen LogP contribution is 2.43. The summed E-state index contributed by atoms with van der Waals surface area (Å²) in [5.41, 5.74) is 2.29. The molecule has 20 heavy (non-hydrogen) atoms. The average molecular weight is 265 g/mol. The highest BCUT2D eigenvalue weighted by molar-refractivity contribution is 5.60. The molecule has 0 amide bonds. The van der Waals surface area contributed by atoms with Crippen LogP contribution in [0.2, 0.25) is 0 Å². The molecule has 2 aliphatic rings. The molecule has 1 aromatic carbocycles. The molecule has 2 aromatic rings. The van der Waals surface area contributed by atoms with Gasteiger partial charge in [0.05, 0.1) is 11.4 Å². The summed E-state index contributed by atoms with van der Waals surface area (Å²) in [5, 5.41) is 7.96. The van der Waals surface area contributed by atoms with Gasteiger partial charge in [0, 0.05) is 18.9 Å². The van der Waals surface area contributed by atoms with E-state index in [4.69, 9.17) is 0 Å². The molecule has 3 unspecified atom stereocenters. The topological polar surface area (TPSA) is 29.9 Å². The second-order valence-corrected chi connectivity index (χ2v) is 5.89. The largest absolute Gasteiger partial charge is 0.383 e. The zero-order valence-electron chi connectivity index (χ0n) is 11.4. The summed E-state index contributed by atoms with van der Waals surface area (Å²) in [4.78, 5) is 0. The van der Waals surface area contributed by atoms with E-state index < -0.39 is 0 Å². The minimum Gasteiger partial charge on any atom is -0.383 e. The molecule has 0 saturated heterocycles. The molecule has 1 aromatic heterocycles. The van der Waals surface area contributed by atoms with Crippen molar-refractivity contribution in [2.24, 2.45) is 17.8 Å². The van der Waals surface area contributed by atoms with E-state index in [1.807, 2.05) is 23.1 Å². The predicted molar refractivity (Wildman–Crippen MR) is 80.9 cm³/mol. The predicted octanol–water partition coefficient (Wildman–Crippen LogP) is 3.50. The van der Waals surface area contributed by atoms with Crippen molar-refractivity contribution in [2.75, 3.05) is 11.9 Å². The number of fused-ring (bicyclic) bond motifs is 2. The van der Waals surface area contributed by atoms with E-state index >= 15 is 0 Å².